The highest BCUT2D eigenvalue weighted by Gasteiger charge is 2.38. The summed E-state index contributed by atoms with van der Waals surface area (Å²) < 4.78 is 39.6. The van der Waals surface area contributed by atoms with Gasteiger partial charge >= 0.3 is 6.18 Å². The maximum absolute atomic E-state index is 12.8. The first-order chi connectivity index (χ1) is 8.07. The summed E-state index contributed by atoms with van der Waals surface area (Å²) in [6.07, 6.45) is -3.19. The molecule has 0 aliphatic carbocycles. The Hall–Kier alpha value is -1.98. The van der Waals surface area contributed by atoms with Crippen molar-refractivity contribution in [1.82, 2.24) is 9.55 Å². The van der Waals surface area contributed by atoms with Crippen LogP contribution >= 0.6 is 0 Å². The van der Waals surface area contributed by atoms with Gasteiger partial charge in [0, 0.05) is 0 Å². The van der Waals surface area contributed by atoms with Crippen LogP contribution in [0.4, 0.5) is 18.9 Å². The number of hydrogen-bond donors (Lipinski definition) is 1. The lowest BCUT2D eigenvalue weighted by molar-refractivity contribution is -0.146. The Balaban J connectivity index is 2.27. The average molecular weight is 239 g/mol. The third-order valence-corrected chi connectivity index (χ3v) is 2.69. The smallest absolute Gasteiger partial charge is 0.378 e. The van der Waals surface area contributed by atoms with Gasteiger partial charge in [-0.05, 0) is 12.1 Å². The van der Waals surface area contributed by atoms with Crippen molar-refractivity contribution in [3.63, 3.8) is 0 Å². The third kappa shape index (κ3) is 1.48. The second-order valence-corrected chi connectivity index (χ2v) is 3.78. The maximum Gasteiger partial charge on any atom is 0.450 e. The van der Waals surface area contributed by atoms with Gasteiger partial charge in [-0.1, -0.05) is 12.1 Å². The van der Waals surface area contributed by atoms with Crippen LogP contribution in [0.3, 0.4) is 0 Å². The number of alkyl halides is 3. The zero-order chi connectivity index (χ0) is 12.0. The zero-order valence-electron chi connectivity index (χ0n) is 8.62. The lowest BCUT2D eigenvalue weighted by Crippen LogP contribution is -2.20. The highest BCUT2D eigenvalue weighted by Crippen LogP contribution is 2.35. The first kappa shape index (κ1) is 10.2. The maximum atomic E-state index is 12.8. The lowest BCUT2D eigenvalue weighted by Gasteiger charge is -2.22. The Labute approximate surface area is 94.9 Å². The third-order valence-electron chi connectivity index (χ3n) is 2.69. The van der Waals surface area contributed by atoms with E-state index in [1.165, 1.54) is 6.20 Å². The standard InChI is InChI=1S/C11H8F3N3/c12-11(13,14)10-16-6-7-5-15-8-3-1-2-4-9(8)17(7)10/h1-4,6,15H,5H2. The second-order valence-electron chi connectivity index (χ2n) is 3.78. The van der Waals surface area contributed by atoms with Gasteiger partial charge in [0.05, 0.1) is 29.8 Å². The number of hydrogen-bond acceptors (Lipinski definition) is 2. The van der Waals surface area contributed by atoms with Gasteiger partial charge in [-0.25, -0.2) is 4.98 Å². The fourth-order valence-electron chi connectivity index (χ4n) is 1.98. The van der Waals surface area contributed by atoms with Crippen molar-refractivity contribution < 1.29 is 13.2 Å². The monoisotopic (exact) mass is 239 g/mol. The number of rotatable bonds is 0. The molecule has 1 aromatic carbocycles. The van der Waals surface area contributed by atoms with Gasteiger partial charge in [0.1, 0.15) is 0 Å². The van der Waals surface area contributed by atoms with Gasteiger partial charge < -0.3 is 5.32 Å². The van der Waals surface area contributed by atoms with Crippen LogP contribution in [-0.4, -0.2) is 9.55 Å². The largest absolute Gasteiger partial charge is 0.450 e. The van der Waals surface area contributed by atoms with E-state index in [0.717, 1.165) is 4.57 Å². The van der Waals surface area contributed by atoms with E-state index < -0.39 is 12.0 Å². The van der Waals surface area contributed by atoms with Gasteiger partial charge in [-0.15, -0.1) is 0 Å². The Bertz CT molecular complexity index is 572. The summed E-state index contributed by atoms with van der Waals surface area (Å²) in [6, 6.07) is 6.87. The van der Waals surface area contributed by atoms with Crippen molar-refractivity contribution in [2.24, 2.45) is 0 Å². The zero-order valence-corrected chi connectivity index (χ0v) is 8.62. The Kier molecular flexibility index (Phi) is 1.95. The van der Waals surface area contributed by atoms with Crippen LogP contribution < -0.4 is 5.32 Å². The molecular weight excluding hydrogens is 231 g/mol. The van der Waals surface area contributed by atoms with Crippen LogP contribution in [0.25, 0.3) is 5.69 Å². The summed E-state index contributed by atoms with van der Waals surface area (Å²) in [5.74, 6) is -0.874. The first-order valence-corrected chi connectivity index (χ1v) is 5.04. The molecule has 3 rings (SSSR count). The summed E-state index contributed by atoms with van der Waals surface area (Å²) >= 11 is 0. The number of nitrogens with one attached hydrogen (secondary N) is 1. The minimum atomic E-state index is -4.44. The summed E-state index contributed by atoms with van der Waals surface area (Å²) in [5, 5.41) is 3.06. The van der Waals surface area contributed by atoms with Gasteiger partial charge in [-0.2, -0.15) is 13.2 Å². The summed E-state index contributed by atoms with van der Waals surface area (Å²) in [6.45, 7) is 0.347. The molecule has 1 N–H and O–H groups in total. The number of fused-ring (bicyclic) bond motifs is 3. The van der Waals surface area contributed by atoms with E-state index >= 15 is 0 Å². The molecule has 2 heterocycles. The SMILES string of the molecule is FC(F)(F)c1ncc2n1-c1ccccc1NC2. The molecule has 0 spiro atoms. The minimum Gasteiger partial charge on any atom is -0.378 e. The second kappa shape index (κ2) is 3.26. The minimum absolute atomic E-state index is 0.347. The van der Waals surface area contributed by atoms with Crippen molar-refractivity contribution in [3.8, 4) is 5.69 Å². The highest BCUT2D eigenvalue weighted by atomic mass is 19.4. The Morgan fingerprint density at radius 2 is 2.00 bits per heavy atom. The van der Waals surface area contributed by atoms with Crippen LogP contribution in [-0.2, 0) is 12.7 Å². The first-order valence-electron chi connectivity index (χ1n) is 5.04. The van der Waals surface area contributed by atoms with Crippen molar-refractivity contribution in [1.29, 1.82) is 0 Å². The Morgan fingerprint density at radius 3 is 2.76 bits per heavy atom. The van der Waals surface area contributed by atoms with E-state index in [1.54, 1.807) is 24.3 Å². The van der Waals surface area contributed by atoms with Crippen LogP contribution in [0.5, 0.6) is 0 Å². The van der Waals surface area contributed by atoms with Crippen molar-refractivity contribution in [3.05, 3.63) is 42.0 Å². The van der Waals surface area contributed by atoms with Gasteiger partial charge in [0.25, 0.3) is 0 Å². The molecule has 0 atom stereocenters. The van der Waals surface area contributed by atoms with Crippen molar-refractivity contribution >= 4 is 5.69 Å². The molecule has 0 bridgehead atoms. The van der Waals surface area contributed by atoms with Gasteiger partial charge in [0.2, 0.25) is 5.82 Å². The molecule has 0 unspecified atom stereocenters. The molecule has 88 valence electrons. The number of aromatic nitrogens is 2. The normalized spacial score (nSPS) is 13.8. The molecule has 3 nitrogen and oxygen atoms in total. The van der Waals surface area contributed by atoms with Crippen molar-refractivity contribution in [2.75, 3.05) is 5.32 Å². The summed E-state index contributed by atoms with van der Waals surface area (Å²) in [4.78, 5) is 3.47. The fraction of sp³-hybridized carbons (Fsp3) is 0.182. The summed E-state index contributed by atoms with van der Waals surface area (Å²) in [7, 11) is 0. The molecule has 0 amide bonds. The molecule has 0 saturated carbocycles. The predicted molar refractivity (Wildman–Crippen MR) is 55.9 cm³/mol. The van der Waals surface area contributed by atoms with Gasteiger partial charge in [-0.3, -0.25) is 4.57 Å². The molecule has 0 fully saturated rings. The molecule has 1 aliphatic heterocycles. The number of halogens is 3. The molecule has 17 heavy (non-hydrogen) atoms. The number of nitrogens with zero attached hydrogens (tertiary/aromatic N) is 2. The van der Waals surface area contributed by atoms with Crippen LogP contribution in [0.1, 0.15) is 11.5 Å². The van der Waals surface area contributed by atoms with E-state index in [0.29, 0.717) is 23.6 Å². The average Bonchev–Trinajstić information content (AvgIpc) is 2.72. The quantitative estimate of drug-likeness (QED) is 0.766. The van der Waals surface area contributed by atoms with E-state index in [9.17, 15) is 13.2 Å². The Morgan fingerprint density at radius 1 is 1.24 bits per heavy atom. The fourth-order valence-corrected chi connectivity index (χ4v) is 1.98. The molecule has 1 aromatic heterocycles. The summed E-state index contributed by atoms with van der Waals surface area (Å²) in [5.41, 5.74) is 1.68. The van der Waals surface area contributed by atoms with Crippen LogP contribution in [0, 0.1) is 0 Å². The number of benzene rings is 1. The molecule has 0 saturated heterocycles. The van der Waals surface area contributed by atoms with E-state index in [2.05, 4.69) is 10.3 Å². The number of anilines is 1. The topological polar surface area (TPSA) is 29.9 Å². The van der Waals surface area contributed by atoms with E-state index in [-0.39, 0.29) is 0 Å². The molecule has 1 aliphatic rings. The molecular formula is C11H8F3N3. The van der Waals surface area contributed by atoms with Crippen LogP contribution in [0.15, 0.2) is 30.5 Å². The van der Waals surface area contributed by atoms with Crippen LogP contribution in [0.2, 0.25) is 0 Å². The van der Waals surface area contributed by atoms with Crippen molar-refractivity contribution in [2.45, 2.75) is 12.7 Å². The lowest BCUT2D eigenvalue weighted by atomic mass is 10.2. The number of imidazole rings is 1. The van der Waals surface area contributed by atoms with Gasteiger partial charge in [0.15, 0.2) is 0 Å². The molecule has 2 aromatic rings. The molecule has 0 radical (unpaired) electrons. The highest BCUT2D eigenvalue weighted by molar-refractivity contribution is 5.64. The van der Waals surface area contributed by atoms with E-state index in [1.807, 2.05) is 0 Å². The van der Waals surface area contributed by atoms with E-state index in [4.69, 9.17) is 0 Å². The molecule has 6 heteroatoms. The number of para-hydroxylation sites is 2. The predicted octanol–water partition coefficient (Wildman–Crippen LogP) is 2.82.